The van der Waals surface area contributed by atoms with Crippen LogP contribution in [0.15, 0.2) is 97.1 Å². The number of allylic oxidation sites excluding steroid dienone is 1. The number of benzene rings is 3. The number of carbonyl (C=O) groups excluding carboxylic acids is 4. The third kappa shape index (κ3) is 12.2. The van der Waals surface area contributed by atoms with Crippen LogP contribution in [-0.4, -0.2) is 60.3 Å². The summed E-state index contributed by atoms with van der Waals surface area (Å²) in [5.41, 5.74) is 2.77. The van der Waals surface area contributed by atoms with Crippen molar-refractivity contribution >= 4 is 23.9 Å². The van der Waals surface area contributed by atoms with Crippen LogP contribution in [0.1, 0.15) is 42.9 Å². The van der Waals surface area contributed by atoms with Gasteiger partial charge in [0.05, 0.1) is 25.1 Å². The molecule has 1 aliphatic rings. The number of alkyl carbamates (subject to hydrolysis) is 1. The third-order valence-electron chi connectivity index (χ3n) is 7.67. The fraction of sp³-hybridized carbons (Fsp3) is 0.351. The average Bonchev–Trinajstić information content (AvgIpc) is 3.10. The van der Waals surface area contributed by atoms with Gasteiger partial charge in [0.15, 0.2) is 0 Å². The predicted molar refractivity (Wildman–Crippen MR) is 179 cm³/mol. The van der Waals surface area contributed by atoms with Gasteiger partial charge in [-0.3, -0.25) is 9.59 Å². The first-order chi connectivity index (χ1) is 23.3. The molecule has 0 bridgehead atoms. The number of ether oxygens (including phenoxy) is 3. The maximum absolute atomic E-state index is 13.0. The highest BCUT2D eigenvalue weighted by atomic mass is 16.6. The molecule has 4 rings (SSSR count). The topological polar surface area (TPSA) is 152 Å². The van der Waals surface area contributed by atoms with Crippen molar-refractivity contribution < 1.29 is 38.5 Å². The zero-order chi connectivity index (χ0) is 34.1. The van der Waals surface area contributed by atoms with Crippen LogP contribution in [0.5, 0.6) is 5.75 Å². The van der Waals surface area contributed by atoms with E-state index in [2.05, 4.69) is 16.0 Å². The number of nitrogens with one attached hydrogen (secondary N) is 3. The molecule has 0 radical (unpaired) electrons. The van der Waals surface area contributed by atoms with Gasteiger partial charge in [-0.15, -0.1) is 0 Å². The van der Waals surface area contributed by atoms with E-state index in [-0.39, 0.29) is 50.8 Å². The van der Waals surface area contributed by atoms with Gasteiger partial charge in [-0.05, 0) is 55.0 Å². The van der Waals surface area contributed by atoms with Gasteiger partial charge in [0, 0.05) is 6.42 Å². The predicted octanol–water partition coefficient (Wildman–Crippen LogP) is 3.98. The minimum atomic E-state index is -1.00. The Kier molecular flexibility index (Phi) is 14.0. The van der Waals surface area contributed by atoms with Crippen molar-refractivity contribution in [2.45, 2.75) is 64.0 Å². The smallest absolute Gasteiger partial charge is 0.408 e. The van der Waals surface area contributed by atoms with E-state index in [1.807, 2.05) is 84.9 Å². The summed E-state index contributed by atoms with van der Waals surface area (Å²) in [6.45, 7) is 1.87. The van der Waals surface area contributed by atoms with Gasteiger partial charge in [-0.1, -0.05) is 84.9 Å². The standard InChI is InChI=1S/C37H43N3O8/c1-26-22-38-35(43)30(14-8-9-15-33(36(44)48-26)40-37(45)47-25-29-12-6-3-7-13-29)21-34(42)39-31(23-41)20-27-16-18-32(19-17-27)46-24-28-10-4-2-5-11-28/h2-13,16-19,26,30-31,33,41H,14-15,20-25H2,1H3,(H,38,43)(H,39,42)(H,40,45). The molecule has 1 aliphatic heterocycles. The van der Waals surface area contributed by atoms with Crippen molar-refractivity contribution in [3.63, 3.8) is 0 Å². The lowest BCUT2D eigenvalue weighted by Crippen LogP contribution is -2.45. The van der Waals surface area contributed by atoms with E-state index in [1.54, 1.807) is 19.1 Å². The monoisotopic (exact) mass is 657 g/mol. The zero-order valence-electron chi connectivity index (χ0n) is 27.0. The van der Waals surface area contributed by atoms with E-state index in [0.717, 1.165) is 16.7 Å². The Labute approximate surface area is 280 Å². The van der Waals surface area contributed by atoms with E-state index in [1.165, 1.54) is 0 Å². The number of carbonyl (C=O) groups is 4. The first-order valence-electron chi connectivity index (χ1n) is 16.1. The van der Waals surface area contributed by atoms with Crippen LogP contribution in [-0.2, 0) is 43.5 Å². The summed E-state index contributed by atoms with van der Waals surface area (Å²) in [5, 5.41) is 18.1. The lowest BCUT2D eigenvalue weighted by Gasteiger charge is -2.23. The molecule has 254 valence electrons. The molecule has 3 amide bonds. The van der Waals surface area contributed by atoms with Gasteiger partial charge in [0.1, 0.15) is 31.1 Å². The normalized spacial score (nSPS) is 19.0. The highest BCUT2D eigenvalue weighted by Gasteiger charge is 2.27. The molecular formula is C37H43N3O8. The summed E-state index contributed by atoms with van der Waals surface area (Å²) in [6, 6.07) is 24.9. The number of amides is 3. The molecule has 11 heteroatoms. The summed E-state index contributed by atoms with van der Waals surface area (Å²) in [5.74, 6) is -1.38. The van der Waals surface area contributed by atoms with Gasteiger partial charge >= 0.3 is 12.1 Å². The van der Waals surface area contributed by atoms with Gasteiger partial charge in [0.25, 0.3) is 0 Å². The summed E-state index contributed by atoms with van der Waals surface area (Å²) in [4.78, 5) is 51.3. The highest BCUT2D eigenvalue weighted by molar-refractivity contribution is 5.86. The van der Waals surface area contributed by atoms with Crippen LogP contribution < -0.4 is 20.7 Å². The second-order valence-electron chi connectivity index (χ2n) is 11.7. The van der Waals surface area contributed by atoms with Crippen LogP contribution in [0.2, 0.25) is 0 Å². The Hall–Kier alpha value is -5.16. The molecule has 0 spiro atoms. The van der Waals surface area contributed by atoms with Crippen molar-refractivity contribution in [1.29, 1.82) is 0 Å². The first-order valence-corrected chi connectivity index (χ1v) is 16.1. The van der Waals surface area contributed by atoms with Crippen molar-refractivity contribution in [1.82, 2.24) is 16.0 Å². The number of rotatable bonds is 12. The molecule has 0 fully saturated rings. The fourth-order valence-corrected chi connectivity index (χ4v) is 5.03. The SMILES string of the molecule is CC1CNC(=O)C(CC(=O)NC(CO)Cc2ccc(OCc3ccccc3)cc2)CC=CCC(NC(=O)OCc2ccccc2)C(=O)O1. The van der Waals surface area contributed by atoms with E-state index in [9.17, 15) is 24.3 Å². The third-order valence-corrected chi connectivity index (χ3v) is 7.67. The number of aliphatic hydroxyl groups excluding tert-OH is 1. The van der Waals surface area contributed by atoms with Gasteiger partial charge in [0.2, 0.25) is 11.8 Å². The maximum atomic E-state index is 13.0. The summed E-state index contributed by atoms with van der Waals surface area (Å²) >= 11 is 0. The minimum absolute atomic E-state index is 0.0297. The van der Waals surface area contributed by atoms with E-state index in [4.69, 9.17) is 14.2 Å². The van der Waals surface area contributed by atoms with Crippen LogP contribution in [0, 0.1) is 5.92 Å². The van der Waals surface area contributed by atoms with Gasteiger partial charge in [-0.25, -0.2) is 9.59 Å². The molecule has 4 atom stereocenters. The fourth-order valence-electron chi connectivity index (χ4n) is 5.03. The van der Waals surface area contributed by atoms with Crippen molar-refractivity contribution in [3.05, 3.63) is 114 Å². The first kappa shape index (κ1) is 35.7. The number of esters is 1. The van der Waals surface area contributed by atoms with Crippen LogP contribution in [0.25, 0.3) is 0 Å². The Morgan fingerprint density at radius 1 is 0.896 bits per heavy atom. The second-order valence-corrected chi connectivity index (χ2v) is 11.7. The molecule has 11 nitrogen and oxygen atoms in total. The Balaban J connectivity index is 1.28. The lowest BCUT2D eigenvalue weighted by atomic mass is 9.98. The second kappa shape index (κ2) is 18.9. The zero-order valence-corrected chi connectivity index (χ0v) is 27.0. The van der Waals surface area contributed by atoms with Crippen molar-refractivity contribution in [2.75, 3.05) is 13.2 Å². The molecule has 0 saturated carbocycles. The molecule has 4 unspecified atom stereocenters. The molecule has 4 N–H and O–H groups in total. The molecule has 0 saturated heterocycles. The van der Waals surface area contributed by atoms with Crippen LogP contribution in [0.4, 0.5) is 4.79 Å². The summed E-state index contributed by atoms with van der Waals surface area (Å²) < 4.78 is 16.5. The number of aliphatic hydroxyl groups is 1. The molecule has 0 aliphatic carbocycles. The minimum Gasteiger partial charge on any atom is -0.489 e. The quantitative estimate of drug-likeness (QED) is 0.169. The molecular weight excluding hydrogens is 614 g/mol. The molecule has 3 aromatic rings. The summed E-state index contributed by atoms with van der Waals surface area (Å²) in [7, 11) is 0. The molecule has 1 heterocycles. The van der Waals surface area contributed by atoms with E-state index in [0.29, 0.717) is 18.8 Å². The summed E-state index contributed by atoms with van der Waals surface area (Å²) in [6.07, 6.45) is 2.53. The van der Waals surface area contributed by atoms with Crippen molar-refractivity contribution in [3.8, 4) is 5.75 Å². The molecule has 3 aromatic carbocycles. The Morgan fingerprint density at radius 3 is 2.21 bits per heavy atom. The highest BCUT2D eigenvalue weighted by Crippen LogP contribution is 2.17. The lowest BCUT2D eigenvalue weighted by molar-refractivity contribution is -0.151. The Bertz CT molecular complexity index is 1500. The van der Waals surface area contributed by atoms with Gasteiger partial charge in [-0.2, -0.15) is 0 Å². The van der Waals surface area contributed by atoms with Gasteiger partial charge < -0.3 is 35.3 Å². The van der Waals surface area contributed by atoms with E-state index < -0.39 is 36.2 Å². The van der Waals surface area contributed by atoms with E-state index >= 15 is 0 Å². The Morgan fingerprint density at radius 2 is 1.54 bits per heavy atom. The number of hydrogen-bond acceptors (Lipinski definition) is 8. The maximum Gasteiger partial charge on any atom is 0.408 e. The van der Waals surface area contributed by atoms with Crippen LogP contribution >= 0.6 is 0 Å². The number of cyclic esters (lactones) is 1. The molecule has 48 heavy (non-hydrogen) atoms. The molecule has 0 aromatic heterocycles. The largest absolute Gasteiger partial charge is 0.489 e. The number of hydrogen-bond donors (Lipinski definition) is 4. The average molecular weight is 658 g/mol. The van der Waals surface area contributed by atoms with Crippen molar-refractivity contribution in [2.24, 2.45) is 5.92 Å². The van der Waals surface area contributed by atoms with Crippen LogP contribution in [0.3, 0.4) is 0 Å².